The molecule has 7 heteroatoms. The van der Waals surface area contributed by atoms with Gasteiger partial charge in [-0.15, -0.1) is 0 Å². The van der Waals surface area contributed by atoms with Crippen LogP contribution in [0.25, 0.3) is 11.3 Å². The maximum Gasteiger partial charge on any atom is 0.341 e. The first-order chi connectivity index (χ1) is 15.8. The van der Waals surface area contributed by atoms with Crippen LogP contribution >= 0.6 is 0 Å². The number of ether oxygens (including phenoxy) is 2. The molecule has 1 fully saturated rings. The number of aromatic carboxylic acids is 1. The van der Waals surface area contributed by atoms with Gasteiger partial charge in [-0.3, -0.25) is 4.79 Å². The maximum atomic E-state index is 12.6. The predicted molar refractivity (Wildman–Crippen MR) is 125 cm³/mol. The quantitative estimate of drug-likeness (QED) is 0.536. The van der Waals surface area contributed by atoms with E-state index in [2.05, 4.69) is 19.9 Å². The van der Waals surface area contributed by atoms with Gasteiger partial charge in [0.2, 0.25) is 0 Å². The Morgan fingerprint density at radius 3 is 2.61 bits per heavy atom. The second-order valence-electron chi connectivity index (χ2n) is 9.80. The molecule has 1 saturated carbocycles. The summed E-state index contributed by atoms with van der Waals surface area (Å²) in [6.45, 7) is 5.20. The summed E-state index contributed by atoms with van der Waals surface area (Å²) >= 11 is 0. The van der Waals surface area contributed by atoms with Crippen LogP contribution in [0.3, 0.4) is 0 Å². The molecule has 0 saturated heterocycles. The van der Waals surface area contributed by atoms with Gasteiger partial charge in [0.25, 0.3) is 0 Å². The molecule has 33 heavy (non-hydrogen) atoms. The lowest BCUT2D eigenvalue weighted by Crippen LogP contribution is -2.32. The highest BCUT2D eigenvalue weighted by molar-refractivity contribution is 5.88. The number of aliphatic hydroxyl groups is 1. The first-order valence-electron chi connectivity index (χ1n) is 11.7. The third kappa shape index (κ3) is 4.26. The number of carbonyl (C=O) groups is 1. The maximum absolute atomic E-state index is 12.6. The topological polar surface area (TPSA) is 98.0 Å². The van der Waals surface area contributed by atoms with Crippen molar-refractivity contribution in [3.8, 4) is 22.8 Å². The Balaban J connectivity index is 1.76. The lowest BCUT2D eigenvalue weighted by Gasteiger charge is -2.40. The molecule has 1 aliphatic carbocycles. The van der Waals surface area contributed by atoms with Crippen LogP contribution in [-0.2, 0) is 0 Å². The van der Waals surface area contributed by atoms with Crippen LogP contribution in [-0.4, -0.2) is 41.1 Å². The number of hydrogen-bond acceptors (Lipinski definition) is 5. The van der Waals surface area contributed by atoms with Gasteiger partial charge in [-0.2, -0.15) is 0 Å². The second kappa shape index (κ2) is 9.21. The summed E-state index contributed by atoms with van der Waals surface area (Å²) in [5.74, 6) is 0.291. The molecule has 7 nitrogen and oxygen atoms in total. The third-order valence-corrected chi connectivity index (χ3v) is 7.21. The van der Waals surface area contributed by atoms with Crippen molar-refractivity contribution in [1.29, 1.82) is 0 Å². The fourth-order valence-corrected chi connectivity index (χ4v) is 5.56. The van der Waals surface area contributed by atoms with Gasteiger partial charge < -0.3 is 24.3 Å². The highest BCUT2D eigenvalue weighted by Gasteiger charge is 2.47. The number of benzene rings is 1. The standard InChI is InChI=1S/C26H33NO6/c1-26(2)9-8-16-17-12-23(33-11-7-5-4-6-10-28)22(32-3)13-18(17)20-14-21(29)19(25(30)31)15-27(20)24(16)26/h12-16,24,28H,4-11H2,1-3H3,(H,30,31)/t16-,24+/m0/s1. The van der Waals surface area contributed by atoms with E-state index in [4.69, 9.17) is 14.6 Å². The summed E-state index contributed by atoms with van der Waals surface area (Å²) in [7, 11) is 1.60. The molecule has 0 spiro atoms. The lowest BCUT2D eigenvalue weighted by atomic mass is 9.77. The number of rotatable bonds is 9. The fourth-order valence-electron chi connectivity index (χ4n) is 5.56. The molecular formula is C26H33NO6. The van der Waals surface area contributed by atoms with Crippen molar-refractivity contribution in [2.24, 2.45) is 5.41 Å². The number of carboxylic acid groups (broad SMARTS) is 1. The first kappa shape index (κ1) is 23.4. The van der Waals surface area contributed by atoms with E-state index in [1.54, 1.807) is 7.11 Å². The van der Waals surface area contributed by atoms with Gasteiger partial charge in [0.1, 0.15) is 5.56 Å². The summed E-state index contributed by atoms with van der Waals surface area (Å²) in [5, 5.41) is 18.5. The highest BCUT2D eigenvalue weighted by atomic mass is 16.5. The molecule has 2 N–H and O–H groups in total. The summed E-state index contributed by atoms with van der Waals surface area (Å²) < 4.78 is 13.7. The number of pyridine rings is 1. The molecule has 178 valence electrons. The zero-order chi connectivity index (χ0) is 23.8. The van der Waals surface area contributed by atoms with Gasteiger partial charge >= 0.3 is 5.97 Å². The zero-order valence-electron chi connectivity index (χ0n) is 19.6. The smallest absolute Gasteiger partial charge is 0.341 e. The molecule has 0 amide bonds. The Labute approximate surface area is 194 Å². The Hall–Kier alpha value is -2.80. The van der Waals surface area contributed by atoms with Gasteiger partial charge in [0.15, 0.2) is 16.9 Å². The SMILES string of the molecule is COc1cc2c(cc1OCCCCCCO)[C@@H]1CCC(C)(C)[C@@H]1n1cc(C(=O)O)c(=O)cc1-2. The number of unbranched alkanes of at least 4 members (excludes halogenated alkanes) is 3. The minimum atomic E-state index is -1.20. The average molecular weight is 456 g/mol. The van der Waals surface area contributed by atoms with Crippen LogP contribution in [0.2, 0.25) is 0 Å². The van der Waals surface area contributed by atoms with E-state index in [1.165, 1.54) is 12.3 Å². The van der Waals surface area contributed by atoms with Crippen LogP contribution in [0.15, 0.2) is 29.2 Å². The van der Waals surface area contributed by atoms with E-state index in [0.717, 1.165) is 55.3 Å². The molecule has 2 aromatic rings. The minimum Gasteiger partial charge on any atom is -0.493 e. The number of methoxy groups -OCH3 is 1. The van der Waals surface area contributed by atoms with Gasteiger partial charge in [-0.05, 0) is 55.2 Å². The Kier molecular flexibility index (Phi) is 6.52. The summed E-state index contributed by atoms with van der Waals surface area (Å²) in [6, 6.07) is 5.48. The van der Waals surface area contributed by atoms with Crippen molar-refractivity contribution in [1.82, 2.24) is 4.57 Å². The van der Waals surface area contributed by atoms with Gasteiger partial charge in [0.05, 0.1) is 19.4 Å². The molecule has 0 radical (unpaired) electrons. The Bertz CT molecular complexity index is 1100. The number of aromatic nitrogens is 1. The fraction of sp³-hybridized carbons (Fsp3) is 0.538. The van der Waals surface area contributed by atoms with E-state index >= 15 is 0 Å². The number of nitrogens with zero attached hydrogens (tertiary/aromatic N) is 1. The molecule has 0 bridgehead atoms. The van der Waals surface area contributed by atoms with E-state index in [0.29, 0.717) is 18.1 Å². The monoisotopic (exact) mass is 455 g/mol. The van der Waals surface area contributed by atoms with Crippen molar-refractivity contribution < 1.29 is 24.5 Å². The molecule has 1 aromatic carbocycles. The first-order valence-corrected chi connectivity index (χ1v) is 11.7. The molecule has 0 unspecified atom stereocenters. The highest BCUT2D eigenvalue weighted by Crippen LogP contribution is 2.59. The van der Waals surface area contributed by atoms with Crippen molar-refractivity contribution in [2.75, 3.05) is 20.3 Å². The second-order valence-corrected chi connectivity index (χ2v) is 9.80. The number of carboxylic acids is 1. The van der Waals surface area contributed by atoms with E-state index in [9.17, 15) is 14.7 Å². The van der Waals surface area contributed by atoms with Crippen LogP contribution in [0.1, 0.15) is 80.3 Å². The summed E-state index contributed by atoms with van der Waals surface area (Å²) in [4.78, 5) is 24.3. The molecule has 4 rings (SSSR count). The number of fused-ring (bicyclic) bond motifs is 6. The molecule has 2 atom stereocenters. The van der Waals surface area contributed by atoms with Crippen LogP contribution in [0.5, 0.6) is 11.5 Å². The number of hydrogen-bond donors (Lipinski definition) is 2. The lowest BCUT2D eigenvalue weighted by molar-refractivity contribution is 0.0693. The van der Waals surface area contributed by atoms with E-state index in [1.807, 2.05) is 10.6 Å². The van der Waals surface area contributed by atoms with Gasteiger partial charge in [0, 0.05) is 36.4 Å². The molecule has 2 aliphatic rings. The number of aliphatic hydroxyl groups excluding tert-OH is 1. The largest absolute Gasteiger partial charge is 0.493 e. The van der Waals surface area contributed by atoms with Crippen molar-refractivity contribution in [3.05, 3.63) is 45.7 Å². The van der Waals surface area contributed by atoms with E-state index < -0.39 is 11.4 Å². The predicted octanol–water partition coefficient (Wildman–Crippen LogP) is 4.61. The Morgan fingerprint density at radius 2 is 1.91 bits per heavy atom. The Morgan fingerprint density at radius 1 is 1.15 bits per heavy atom. The van der Waals surface area contributed by atoms with E-state index in [-0.39, 0.29) is 29.5 Å². The van der Waals surface area contributed by atoms with Gasteiger partial charge in [-0.1, -0.05) is 20.3 Å². The zero-order valence-corrected chi connectivity index (χ0v) is 19.6. The average Bonchev–Trinajstić information content (AvgIpc) is 3.10. The molecule has 1 aromatic heterocycles. The summed E-state index contributed by atoms with van der Waals surface area (Å²) in [5.41, 5.74) is 2.02. The normalized spacial score (nSPS) is 20.0. The molecular weight excluding hydrogens is 422 g/mol. The van der Waals surface area contributed by atoms with Crippen LogP contribution in [0.4, 0.5) is 0 Å². The van der Waals surface area contributed by atoms with Crippen LogP contribution < -0.4 is 14.9 Å². The van der Waals surface area contributed by atoms with Crippen molar-refractivity contribution in [2.45, 2.75) is 64.3 Å². The van der Waals surface area contributed by atoms with Crippen molar-refractivity contribution in [3.63, 3.8) is 0 Å². The van der Waals surface area contributed by atoms with Gasteiger partial charge in [-0.25, -0.2) is 4.79 Å². The minimum absolute atomic E-state index is 0.0460. The molecule has 1 aliphatic heterocycles. The summed E-state index contributed by atoms with van der Waals surface area (Å²) in [6.07, 6.45) is 7.18. The molecule has 2 heterocycles. The third-order valence-electron chi connectivity index (χ3n) is 7.21. The van der Waals surface area contributed by atoms with Crippen molar-refractivity contribution >= 4 is 5.97 Å². The van der Waals surface area contributed by atoms with Crippen LogP contribution in [0, 0.1) is 5.41 Å².